The minimum atomic E-state index is 0.129. The number of rotatable bonds is 9. The summed E-state index contributed by atoms with van der Waals surface area (Å²) < 4.78 is 0. The van der Waals surface area contributed by atoms with Crippen LogP contribution in [0.5, 0.6) is 0 Å². The third-order valence-corrected chi connectivity index (χ3v) is 6.00. The van der Waals surface area contributed by atoms with Crippen molar-refractivity contribution in [3.05, 3.63) is 29.8 Å². The normalized spacial score (nSPS) is 17.6. The molecule has 0 aromatic heterocycles. The molecule has 1 heterocycles. The second-order valence-corrected chi connectivity index (χ2v) is 8.48. The Morgan fingerprint density at radius 1 is 1.16 bits per heavy atom. The molecule has 2 fully saturated rings. The molecule has 3 N–H and O–H groups in total. The predicted octanol–water partition coefficient (Wildman–Crippen LogP) is 3.27. The van der Waals surface area contributed by atoms with Crippen molar-refractivity contribution in [1.82, 2.24) is 15.5 Å². The van der Waals surface area contributed by atoms with Crippen LogP contribution in [0, 0.1) is 5.92 Å². The van der Waals surface area contributed by atoms with Gasteiger partial charge in [0, 0.05) is 44.2 Å². The first-order valence-electron chi connectivity index (χ1n) is 11.9. The third kappa shape index (κ3) is 7.56. The number of guanidine groups is 1. The maximum Gasteiger partial charge on any atom is 0.227 e. The second kappa shape index (κ2) is 12.3. The van der Waals surface area contributed by atoms with Crippen LogP contribution in [0.4, 0.5) is 5.69 Å². The van der Waals surface area contributed by atoms with Gasteiger partial charge in [-0.2, -0.15) is 0 Å². The summed E-state index contributed by atoms with van der Waals surface area (Å²) in [6.45, 7) is 5.83. The van der Waals surface area contributed by atoms with E-state index in [0.717, 1.165) is 88.3 Å². The average Bonchev–Trinajstić information content (AvgIpc) is 2.92. The Labute approximate surface area is 186 Å². The number of benzene rings is 1. The van der Waals surface area contributed by atoms with Gasteiger partial charge < -0.3 is 20.9 Å². The van der Waals surface area contributed by atoms with Gasteiger partial charge in [-0.1, -0.05) is 25.0 Å². The molecule has 2 aliphatic rings. The molecule has 1 saturated heterocycles. The molecule has 2 amide bonds. The number of anilines is 1. The highest BCUT2D eigenvalue weighted by Gasteiger charge is 2.25. The van der Waals surface area contributed by atoms with E-state index in [1.807, 2.05) is 36.1 Å². The predicted molar refractivity (Wildman–Crippen MR) is 125 cm³/mol. The van der Waals surface area contributed by atoms with Crippen LogP contribution in [0.25, 0.3) is 0 Å². The summed E-state index contributed by atoms with van der Waals surface area (Å²) in [5.41, 5.74) is 1.89. The van der Waals surface area contributed by atoms with E-state index in [1.165, 1.54) is 0 Å². The SMILES string of the molecule is CCNC(=NCc1cccc(NC(=O)C2CCC2)c1)NCCCN1CCCCCC1=O. The van der Waals surface area contributed by atoms with Crippen molar-refractivity contribution in [3.8, 4) is 0 Å². The Balaban J connectivity index is 1.45. The Bertz CT molecular complexity index is 760. The van der Waals surface area contributed by atoms with E-state index in [1.54, 1.807) is 0 Å². The summed E-state index contributed by atoms with van der Waals surface area (Å²) in [5.74, 6) is 1.37. The Morgan fingerprint density at radius 2 is 2.03 bits per heavy atom. The summed E-state index contributed by atoms with van der Waals surface area (Å²) in [4.78, 5) is 31.0. The number of carbonyl (C=O) groups is 2. The molecule has 0 atom stereocenters. The number of likely N-dealkylation sites (tertiary alicyclic amines) is 1. The zero-order valence-corrected chi connectivity index (χ0v) is 18.8. The first-order valence-corrected chi connectivity index (χ1v) is 11.9. The largest absolute Gasteiger partial charge is 0.357 e. The Morgan fingerprint density at radius 3 is 2.81 bits per heavy atom. The van der Waals surface area contributed by atoms with E-state index in [4.69, 9.17) is 0 Å². The molecule has 1 aliphatic carbocycles. The lowest BCUT2D eigenvalue weighted by Gasteiger charge is -2.24. The number of amides is 2. The molecule has 1 aromatic rings. The molecule has 31 heavy (non-hydrogen) atoms. The van der Waals surface area contributed by atoms with E-state index in [2.05, 4.69) is 20.9 Å². The lowest BCUT2D eigenvalue weighted by Crippen LogP contribution is -2.39. The highest BCUT2D eigenvalue weighted by atomic mass is 16.2. The monoisotopic (exact) mass is 427 g/mol. The molecular formula is C24H37N5O2. The zero-order chi connectivity index (χ0) is 21.9. The van der Waals surface area contributed by atoms with Crippen molar-refractivity contribution in [2.45, 2.75) is 64.8 Å². The molecule has 1 aromatic carbocycles. The number of nitrogens with zero attached hydrogens (tertiary/aromatic N) is 2. The topological polar surface area (TPSA) is 85.8 Å². The van der Waals surface area contributed by atoms with Gasteiger partial charge in [-0.3, -0.25) is 9.59 Å². The van der Waals surface area contributed by atoms with E-state index in [9.17, 15) is 9.59 Å². The van der Waals surface area contributed by atoms with Crippen LogP contribution < -0.4 is 16.0 Å². The van der Waals surface area contributed by atoms with Crippen LogP contribution in [-0.2, 0) is 16.1 Å². The third-order valence-electron chi connectivity index (χ3n) is 6.00. The molecule has 170 valence electrons. The quantitative estimate of drug-likeness (QED) is 0.321. The molecule has 0 spiro atoms. The summed E-state index contributed by atoms with van der Waals surface area (Å²) >= 11 is 0. The van der Waals surface area contributed by atoms with E-state index in [-0.39, 0.29) is 11.8 Å². The minimum absolute atomic E-state index is 0.129. The van der Waals surface area contributed by atoms with Crippen LogP contribution in [0.15, 0.2) is 29.3 Å². The number of carbonyl (C=O) groups excluding carboxylic acids is 2. The molecular weight excluding hydrogens is 390 g/mol. The standard InChI is InChI=1S/C24H37N5O2/c1-2-25-24(26-14-8-16-29-15-5-3-4-13-22(29)30)27-18-19-9-6-12-21(17-19)28-23(31)20-10-7-11-20/h6,9,12,17,20H,2-5,7-8,10-11,13-16,18H2,1H3,(H,28,31)(H2,25,26,27). The van der Waals surface area contributed by atoms with Crippen LogP contribution in [0.2, 0.25) is 0 Å². The zero-order valence-electron chi connectivity index (χ0n) is 18.8. The number of aliphatic imine (C=N–C) groups is 1. The van der Waals surface area contributed by atoms with Gasteiger partial charge in [0.2, 0.25) is 11.8 Å². The van der Waals surface area contributed by atoms with Gasteiger partial charge in [-0.25, -0.2) is 4.99 Å². The average molecular weight is 428 g/mol. The maximum absolute atomic E-state index is 12.2. The van der Waals surface area contributed by atoms with E-state index >= 15 is 0 Å². The molecule has 1 saturated carbocycles. The van der Waals surface area contributed by atoms with Crippen molar-refractivity contribution in [2.75, 3.05) is 31.5 Å². The van der Waals surface area contributed by atoms with Crippen LogP contribution in [-0.4, -0.2) is 48.9 Å². The van der Waals surface area contributed by atoms with Gasteiger partial charge >= 0.3 is 0 Å². The summed E-state index contributed by atoms with van der Waals surface area (Å²) in [6.07, 6.45) is 8.04. The van der Waals surface area contributed by atoms with Gasteiger partial charge in [0.1, 0.15) is 0 Å². The van der Waals surface area contributed by atoms with Crippen LogP contribution in [0.1, 0.15) is 63.9 Å². The number of hydrogen-bond acceptors (Lipinski definition) is 3. The molecule has 0 unspecified atom stereocenters. The van der Waals surface area contributed by atoms with Crippen LogP contribution in [0.3, 0.4) is 0 Å². The van der Waals surface area contributed by atoms with Crippen LogP contribution >= 0.6 is 0 Å². The minimum Gasteiger partial charge on any atom is -0.357 e. The van der Waals surface area contributed by atoms with Gasteiger partial charge in [0.25, 0.3) is 0 Å². The number of hydrogen-bond donors (Lipinski definition) is 3. The summed E-state index contributed by atoms with van der Waals surface area (Å²) in [7, 11) is 0. The molecule has 7 heteroatoms. The van der Waals surface area contributed by atoms with Crippen molar-refractivity contribution in [1.29, 1.82) is 0 Å². The first-order chi connectivity index (χ1) is 15.2. The van der Waals surface area contributed by atoms with Crippen molar-refractivity contribution >= 4 is 23.5 Å². The van der Waals surface area contributed by atoms with Gasteiger partial charge in [0.15, 0.2) is 5.96 Å². The molecule has 0 bridgehead atoms. The van der Waals surface area contributed by atoms with Gasteiger partial charge in [0.05, 0.1) is 6.54 Å². The second-order valence-electron chi connectivity index (χ2n) is 8.48. The Hall–Kier alpha value is -2.57. The highest BCUT2D eigenvalue weighted by molar-refractivity contribution is 5.93. The maximum atomic E-state index is 12.2. The van der Waals surface area contributed by atoms with Gasteiger partial charge in [-0.15, -0.1) is 0 Å². The van der Waals surface area contributed by atoms with E-state index in [0.29, 0.717) is 18.9 Å². The molecule has 3 rings (SSSR count). The summed E-state index contributed by atoms with van der Waals surface area (Å²) in [5, 5.41) is 9.67. The summed E-state index contributed by atoms with van der Waals surface area (Å²) in [6, 6.07) is 7.91. The van der Waals surface area contributed by atoms with Gasteiger partial charge in [-0.05, 0) is 56.7 Å². The smallest absolute Gasteiger partial charge is 0.227 e. The van der Waals surface area contributed by atoms with E-state index < -0.39 is 0 Å². The molecule has 0 radical (unpaired) electrons. The fourth-order valence-electron chi connectivity index (χ4n) is 3.93. The number of nitrogens with one attached hydrogen (secondary N) is 3. The van der Waals surface area contributed by atoms with Crippen molar-refractivity contribution in [2.24, 2.45) is 10.9 Å². The fraction of sp³-hybridized carbons (Fsp3) is 0.625. The van der Waals surface area contributed by atoms with Crippen molar-refractivity contribution in [3.63, 3.8) is 0 Å². The Kier molecular flexibility index (Phi) is 9.18. The van der Waals surface area contributed by atoms with Crippen molar-refractivity contribution < 1.29 is 9.59 Å². The lowest BCUT2D eigenvalue weighted by atomic mass is 9.85. The molecule has 1 aliphatic heterocycles. The first kappa shape index (κ1) is 23.1. The highest BCUT2D eigenvalue weighted by Crippen LogP contribution is 2.27. The fourth-order valence-corrected chi connectivity index (χ4v) is 3.93. The molecule has 7 nitrogen and oxygen atoms in total. The lowest BCUT2D eigenvalue weighted by molar-refractivity contribution is -0.130.